The number of benzene rings is 1. The molecule has 0 fully saturated rings. The van der Waals surface area contributed by atoms with E-state index in [1.54, 1.807) is 0 Å². The molecule has 5 heteroatoms. The molecular formula is C11H12ClN3O. The highest BCUT2D eigenvalue weighted by Crippen LogP contribution is 2.11. The van der Waals surface area contributed by atoms with Gasteiger partial charge in [-0.15, -0.1) is 0 Å². The van der Waals surface area contributed by atoms with Crippen molar-refractivity contribution in [2.45, 2.75) is 13.0 Å². The molecule has 0 radical (unpaired) electrons. The lowest BCUT2D eigenvalue weighted by Crippen LogP contribution is -2.17. The third kappa shape index (κ3) is 2.46. The van der Waals surface area contributed by atoms with Crippen molar-refractivity contribution in [3.05, 3.63) is 51.3 Å². The minimum Gasteiger partial charge on any atom is -0.384 e. The number of rotatable bonds is 3. The molecule has 84 valence electrons. The number of nitrogens with two attached hydrogens (primary N) is 1. The van der Waals surface area contributed by atoms with Crippen LogP contribution in [0.1, 0.15) is 5.56 Å². The van der Waals surface area contributed by atoms with Gasteiger partial charge >= 0.3 is 0 Å². The first-order valence-corrected chi connectivity index (χ1v) is 5.33. The van der Waals surface area contributed by atoms with Crippen LogP contribution in [0, 0.1) is 0 Å². The topological polar surface area (TPSA) is 63.8 Å². The van der Waals surface area contributed by atoms with E-state index < -0.39 is 0 Å². The zero-order chi connectivity index (χ0) is 11.5. The van der Waals surface area contributed by atoms with Crippen molar-refractivity contribution in [2.24, 2.45) is 0 Å². The molecule has 1 heterocycles. The number of hydrogen-bond acceptors (Lipinski definition) is 2. The molecule has 0 unspecified atom stereocenters. The minimum absolute atomic E-state index is 0.112. The van der Waals surface area contributed by atoms with Gasteiger partial charge in [-0.25, -0.2) is 0 Å². The van der Waals surface area contributed by atoms with E-state index in [0.717, 1.165) is 12.0 Å². The molecule has 4 nitrogen and oxygen atoms in total. The first kappa shape index (κ1) is 10.8. The lowest BCUT2D eigenvalue weighted by molar-refractivity contribution is 0.599. The largest absolute Gasteiger partial charge is 0.384 e. The van der Waals surface area contributed by atoms with E-state index in [4.69, 9.17) is 17.3 Å². The molecule has 2 rings (SSSR count). The van der Waals surface area contributed by atoms with Gasteiger partial charge < -0.3 is 5.73 Å². The Bertz CT molecular complexity index is 544. The van der Waals surface area contributed by atoms with Gasteiger partial charge in [-0.2, -0.15) is 0 Å². The van der Waals surface area contributed by atoms with Crippen LogP contribution in [0.15, 0.2) is 35.1 Å². The summed E-state index contributed by atoms with van der Waals surface area (Å²) in [4.78, 5) is 11.4. The van der Waals surface area contributed by atoms with Crippen LogP contribution in [0.4, 0.5) is 5.82 Å². The number of anilines is 1. The van der Waals surface area contributed by atoms with E-state index in [1.165, 1.54) is 10.7 Å². The van der Waals surface area contributed by atoms with E-state index in [1.807, 2.05) is 24.3 Å². The summed E-state index contributed by atoms with van der Waals surface area (Å²) >= 11 is 5.87. The Balaban J connectivity index is 2.08. The van der Waals surface area contributed by atoms with Crippen LogP contribution in [-0.4, -0.2) is 9.78 Å². The summed E-state index contributed by atoms with van der Waals surface area (Å²) in [5.74, 6) is 0.385. The summed E-state index contributed by atoms with van der Waals surface area (Å²) < 4.78 is 1.48. The number of nitrogens with zero attached hydrogens (tertiary/aromatic N) is 1. The summed E-state index contributed by atoms with van der Waals surface area (Å²) in [6, 6.07) is 8.95. The molecule has 0 aliphatic rings. The van der Waals surface area contributed by atoms with E-state index in [2.05, 4.69) is 5.10 Å². The fourth-order valence-electron chi connectivity index (χ4n) is 1.55. The third-order valence-corrected chi connectivity index (χ3v) is 2.56. The summed E-state index contributed by atoms with van der Waals surface area (Å²) in [6.07, 6.45) is 0.737. The fourth-order valence-corrected chi connectivity index (χ4v) is 1.77. The molecule has 1 aromatic carbocycles. The molecule has 0 aliphatic carbocycles. The molecule has 0 spiro atoms. The Labute approximate surface area is 97.6 Å². The average Bonchev–Trinajstić information content (AvgIpc) is 2.54. The van der Waals surface area contributed by atoms with E-state index >= 15 is 0 Å². The van der Waals surface area contributed by atoms with Crippen LogP contribution >= 0.6 is 11.6 Å². The van der Waals surface area contributed by atoms with Gasteiger partial charge in [0.25, 0.3) is 5.56 Å². The number of aromatic nitrogens is 2. The Kier molecular flexibility index (Phi) is 3.01. The van der Waals surface area contributed by atoms with Gasteiger partial charge in [-0.3, -0.25) is 14.6 Å². The van der Waals surface area contributed by atoms with Gasteiger partial charge in [0, 0.05) is 17.6 Å². The molecule has 3 N–H and O–H groups in total. The molecule has 0 bridgehead atoms. The monoisotopic (exact) mass is 237 g/mol. The highest BCUT2D eigenvalue weighted by molar-refractivity contribution is 6.30. The lowest BCUT2D eigenvalue weighted by Gasteiger charge is -2.02. The highest BCUT2D eigenvalue weighted by atomic mass is 35.5. The van der Waals surface area contributed by atoms with Crippen molar-refractivity contribution in [2.75, 3.05) is 5.73 Å². The Morgan fingerprint density at radius 2 is 2.19 bits per heavy atom. The van der Waals surface area contributed by atoms with Crippen LogP contribution in [-0.2, 0) is 13.0 Å². The van der Waals surface area contributed by atoms with Gasteiger partial charge in [0.2, 0.25) is 0 Å². The van der Waals surface area contributed by atoms with Gasteiger partial charge in [0.05, 0.1) is 0 Å². The van der Waals surface area contributed by atoms with Crippen molar-refractivity contribution in [1.82, 2.24) is 9.78 Å². The Morgan fingerprint density at radius 1 is 1.38 bits per heavy atom. The molecule has 1 aromatic heterocycles. The van der Waals surface area contributed by atoms with Crippen LogP contribution in [0.2, 0.25) is 5.02 Å². The quantitative estimate of drug-likeness (QED) is 0.853. The van der Waals surface area contributed by atoms with E-state index in [9.17, 15) is 4.79 Å². The van der Waals surface area contributed by atoms with Crippen molar-refractivity contribution in [1.29, 1.82) is 0 Å². The van der Waals surface area contributed by atoms with Crippen LogP contribution < -0.4 is 11.3 Å². The minimum atomic E-state index is -0.112. The summed E-state index contributed by atoms with van der Waals surface area (Å²) in [5.41, 5.74) is 6.45. The van der Waals surface area contributed by atoms with Crippen molar-refractivity contribution < 1.29 is 0 Å². The maximum atomic E-state index is 11.4. The molecule has 2 aromatic rings. The zero-order valence-electron chi connectivity index (χ0n) is 8.61. The van der Waals surface area contributed by atoms with Crippen molar-refractivity contribution >= 4 is 17.4 Å². The normalized spacial score (nSPS) is 10.6. The number of nitrogen functional groups attached to an aromatic ring is 1. The number of aromatic amines is 1. The summed E-state index contributed by atoms with van der Waals surface area (Å²) in [6.45, 7) is 0.566. The Hall–Kier alpha value is -1.68. The number of halogens is 1. The van der Waals surface area contributed by atoms with Gasteiger partial charge in [-0.1, -0.05) is 23.7 Å². The molecule has 0 saturated heterocycles. The van der Waals surface area contributed by atoms with Crippen LogP contribution in [0.25, 0.3) is 0 Å². The fraction of sp³-hybridized carbons (Fsp3) is 0.182. The maximum Gasteiger partial charge on any atom is 0.268 e. The third-order valence-electron chi connectivity index (χ3n) is 2.32. The number of aryl methyl sites for hydroxylation is 2. The average molecular weight is 238 g/mol. The predicted octanol–water partition coefficient (Wildman–Crippen LogP) is 1.65. The Morgan fingerprint density at radius 3 is 2.81 bits per heavy atom. The first-order valence-electron chi connectivity index (χ1n) is 4.95. The molecule has 16 heavy (non-hydrogen) atoms. The molecule has 0 amide bonds. The molecule has 0 aliphatic heterocycles. The number of hydrogen-bond donors (Lipinski definition) is 2. The smallest absolute Gasteiger partial charge is 0.268 e. The number of nitrogens with one attached hydrogen (secondary N) is 1. The summed E-state index contributed by atoms with van der Waals surface area (Å²) in [7, 11) is 0. The van der Waals surface area contributed by atoms with Crippen LogP contribution in [0.5, 0.6) is 0 Å². The maximum absolute atomic E-state index is 11.4. The zero-order valence-corrected chi connectivity index (χ0v) is 9.37. The predicted molar refractivity (Wildman–Crippen MR) is 64.6 cm³/mol. The van der Waals surface area contributed by atoms with Crippen molar-refractivity contribution in [3.63, 3.8) is 0 Å². The van der Waals surface area contributed by atoms with E-state index in [-0.39, 0.29) is 5.56 Å². The standard InChI is InChI=1S/C11H12ClN3O/c12-9-3-1-2-8(6-9)4-5-15-11(16)7-10(13)14-15/h1-3,6-7,14H,4-5,13H2. The van der Waals surface area contributed by atoms with Crippen LogP contribution in [0.3, 0.4) is 0 Å². The molecule has 0 saturated carbocycles. The summed E-state index contributed by atoms with van der Waals surface area (Å²) in [5, 5.41) is 3.48. The highest BCUT2D eigenvalue weighted by Gasteiger charge is 2.00. The van der Waals surface area contributed by atoms with E-state index in [0.29, 0.717) is 17.4 Å². The van der Waals surface area contributed by atoms with Crippen molar-refractivity contribution in [3.8, 4) is 0 Å². The molecule has 0 atom stereocenters. The second-order valence-electron chi connectivity index (χ2n) is 3.58. The van der Waals surface area contributed by atoms with Gasteiger partial charge in [0.1, 0.15) is 5.82 Å². The molecular weight excluding hydrogens is 226 g/mol. The lowest BCUT2D eigenvalue weighted by atomic mass is 10.1. The second-order valence-corrected chi connectivity index (χ2v) is 4.02. The van der Waals surface area contributed by atoms with Gasteiger partial charge in [-0.05, 0) is 24.1 Å². The van der Waals surface area contributed by atoms with Gasteiger partial charge in [0.15, 0.2) is 0 Å². The SMILES string of the molecule is Nc1cc(=O)n(CCc2cccc(Cl)c2)[nH]1. The first-order chi connectivity index (χ1) is 7.65. The second kappa shape index (κ2) is 4.45. The number of H-pyrrole nitrogens is 1.